The molecule has 28 heavy (non-hydrogen) atoms. The summed E-state index contributed by atoms with van der Waals surface area (Å²) in [5.41, 5.74) is 0.238. The summed E-state index contributed by atoms with van der Waals surface area (Å²) >= 11 is 12.1. The van der Waals surface area contributed by atoms with E-state index in [0.717, 1.165) is 4.31 Å². The van der Waals surface area contributed by atoms with Crippen LogP contribution >= 0.6 is 23.2 Å². The van der Waals surface area contributed by atoms with Crippen molar-refractivity contribution in [1.29, 1.82) is 0 Å². The normalized spacial score (nSPS) is 11.2. The number of ether oxygens (including phenoxy) is 1. The van der Waals surface area contributed by atoms with Crippen LogP contribution in [0.2, 0.25) is 10.0 Å². The third-order valence-electron chi connectivity index (χ3n) is 4.21. The Balaban J connectivity index is 2.63. The van der Waals surface area contributed by atoms with Crippen LogP contribution in [0.4, 0.5) is 5.69 Å². The third-order valence-corrected chi connectivity index (χ3v) is 6.69. The number of rotatable bonds is 8. The summed E-state index contributed by atoms with van der Waals surface area (Å²) in [5, 5.41) is 0.234. The molecular formula is C19H22Cl2N2O4S. The van der Waals surface area contributed by atoms with Gasteiger partial charge < -0.3 is 9.64 Å². The molecule has 2 aromatic rings. The Morgan fingerprint density at radius 3 is 2.32 bits per heavy atom. The minimum Gasteiger partial charge on any atom is -0.495 e. The first-order chi connectivity index (χ1) is 13.3. The van der Waals surface area contributed by atoms with Crippen LogP contribution in [-0.2, 0) is 14.8 Å². The molecule has 0 radical (unpaired) electrons. The molecule has 0 unspecified atom stereocenters. The van der Waals surface area contributed by atoms with Gasteiger partial charge in [0.2, 0.25) is 5.91 Å². The van der Waals surface area contributed by atoms with E-state index in [1.807, 2.05) is 13.8 Å². The lowest BCUT2D eigenvalue weighted by atomic mass is 10.3. The molecule has 152 valence electrons. The first-order valence-electron chi connectivity index (χ1n) is 8.64. The maximum absolute atomic E-state index is 13.5. The summed E-state index contributed by atoms with van der Waals surface area (Å²) in [6.07, 6.45) is 0. The van der Waals surface area contributed by atoms with Crippen molar-refractivity contribution in [3.05, 3.63) is 52.5 Å². The van der Waals surface area contributed by atoms with Gasteiger partial charge in [-0.05, 0) is 44.2 Å². The van der Waals surface area contributed by atoms with Crippen LogP contribution < -0.4 is 9.04 Å². The number of likely N-dealkylation sites (N-methyl/N-ethyl adjacent to an activating group) is 1. The first-order valence-corrected chi connectivity index (χ1v) is 10.8. The quantitative estimate of drug-likeness (QED) is 0.615. The van der Waals surface area contributed by atoms with E-state index in [1.54, 1.807) is 29.2 Å². The molecule has 0 aliphatic carbocycles. The zero-order valence-corrected chi connectivity index (χ0v) is 18.2. The Labute approximate surface area is 175 Å². The van der Waals surface area contributed by atoms with E-state index in [1.165, 1.54) is 25.3 Å². The largest absolute Gasteiger partial charge is 0.495 e. The second-order valence-electron chi connectivity index (χ2n) is 5.82. The SMILES string of the molecule is CCN(CC)C(=O)CN(c1ccccc1OC)S(=O)(=O)c1cc(Cl)ccc1Cl. The molecule has 1 amide bonds. The number of carbonyl (C=O) groups is 1. The lowest BCUT2D eigenvalue weighted by Crippen LogP contribution is -2.43. The van der Waals surface area contributed by atoms with Crippen molar-refractivity contribution in [1.82, 2.24) is 4.90 Å². The summed E-state index contributed by atoms with van der Waals surface area (Å²) in [5.74, 6) is -0.0193. The smallest absolute Gasteiger partial charge is 0.266 e. The molecular weight excluding hydrogens is 423 g/mol. The van der Waals surface area contributed by atoms with Crippen LogP contribution in [0.25, 0.3) is 0 Å². The maximum Gasteiger partial charge on any atom is 0.266 e. The second-order valence-corrected chi connectivity index (χ2v) is 8.50. The highest BCUT2D eigenvalue weighted by Crippen LogP contribution is 2.35. The van der Waals surface area contributed by atoms with Gasteiger partial charge >= 0.3 is 0 Å². The summed E-state index contributed by atoms with van der Waals surface area (Å²) in [4.78, 5) is 14.1. The van der Waals surface area contributed by atoms with Gasteiger partial charge in [0.05, 0.1) is 17.8 Å². The fourth-order valence-electron chi connectivity index (χ4n) is 2.73. The number of hydrogen-bond donors (Lipinski definition) is 0. The van der Waals surface area contributed by atoms with Crippen molar-refractivity contribution >= 4 is 44.8 Å². The van der Waals surface area contributed by atoms with Crippen LogP contribution in [-0.4, -0.2) is 46.0 Å². The van der Waals surface area contributed by atoms with E-state index in [4.69, 9.17) is 27.9 Å². The Morgan fingerprint density at radius 1 is 1.07 bits per heavy atom. The standard InChI is InChI=1S/C19H22Cl2N2O4S/c1-4-22(5-2)19(24)13-23(16-8-6-7-9-17(16)27-3)28(25,26)18-12-14(20)10-11-15(18)21/h6-12H,4-5,13H2,1-3H3. The molecule has 2 aromatic carbocycles. The highest BCUT2D eigenvalue weighted by atomic mass is 35.5. The van der Waals surface area contributed by atoms with Crippen molar-refractivity contribution in [2.24, 2.45) is 0 Å². The summed E-state index contributed by atoms with van der Waals surface area (Å²) < 4.78 is 33.3. The highest BCUT2D eigenvalue weighted by molar-refractivity contribution is 7.93. The Bertz CT molecular complexity index is 947. The molecule has 0 N–H and O–H groups in total. The van der Waals surface area contributed by atoms with Crippen LogP contribution in [0.15, 0.2) is 47.4 Å². The number of halogens is 2. The Kier molecular flexibility index (Phi) is 7.57. The van der Waals surface area contributed by atoms with Crippen molar-refractivity contribution in [3.8, 4) is 5.75 Å². The van der Waals surface area contributed by atoms with Gasteiger partial charge in [0, 0.05) is 18.1 Å². The van der Waals surface area contributed by atoms with Crippen LogP contribution in [0, 0.1) is 0 Å². The van der Waals surface area contributed by atoms with Gasteiger partial charge in [-0.3, -0.25) is 9.10 Å². The van der Waals surface area contributed by atoms with Gasteiger partial charge in [-0.25, -0.2) is 8.42 Å². The number of amides is 1. The molecule has 0 heterocycles. The summed E-state index contributed by atoms with van der Waals surface area (Å²) in [6, 6.07) is 10.8. The zero-order chi connectivity index (χ0) is 20.9. The maximum atomic E-state index is 13.5. The molecule has 0 saturated carbocycles. The molecule has 0 bridgehead atoms. The summed E-state index contributed by atoms with van der Waals surface area (Å²) in [7, 11) is -2.76. The summed E-state index contributed by atoms with van der Waals surface area (Å²) in [6.45, 7) is 4.20. The van der Waals surface area contributed by atoms with Gasteiger partial charge in [-0.15, -0.1) is 0 Å². The lowest BCUT2D eigenvalue weighted by Gasteiger charge is -2.28. The van der Waals surface area contributed by atoms with E-state index < -0.39 is 16.6 Å². The van der Waals surface area contributed by atoms with Crippen LogP contribution in [0.5, 0.6) is 5.75 Å². The first kappa shape index (κ1) is 22.3. The molecule has 9 heteroatoms. The molecule has 0 saturated heterocycles. The number of benzene rings is 2. The third kappa shape index (κ3) is 4.71. The number of carbonyl (C=O) groups excluding carboxylic acids is 1. The predicted octanol–water partition coefficient (Wildman–Crippen LogP) is 4.07. The minimum absolute atomic E-state index is 0.0135. The van der Waals surface area contributed by atoms with Crippen molar-refractivity contribution < 1.29 is 17.9 Å². The molecule has 0 aliphatic heterocycles. The fourth-order valence-corrected chi connectivity index (χ4v) is 4.89. The molecule has 0 aromatic heterocycles. The Morgan fingerprint density at radius 2 is 1.71 bits per heavy atom. The number of sulfonamides is 1. The zero-order valence-electron chi connectivity index (χ0n) is 15.9. The van der Waals surface area contributed by atoms with Gasteiger partial charge in [0.1, 0.15) is 17.2 Å². The highest BCUT2D eigenvalue weighted by Gasteiger charge is 2.32. The predicted molar refractivity (Wildman–Crippen MR) is 112 cm³/mol. The van der Waals surface area contributed by atoms with Gasteiger partial charge in [0.25, 0.3) is 10.0 Å². The molecule has 0 fully saturated rings. The average Bonchev–Trinajstić information content (AvgIpc) is 2.68. The Hall–Kier alpha value is -1.96. The van der Waals surface area contributed by atoms with Gasteiger partial charge in [-0.1, -0.05) is 35.3 Å². The average molecular weight is 445 g/mol. The van der Waals surface area contributed by atoms with E-state index in [9.17, 15) is 13.2 Å². The van der Waals surface area contributed by atoms with Gasteiger partial charge in [0.15, 0.2) is 0 Å². The fraction of sp³-hybridized carbons (Fsp3) is 0.316. The minimum atomic E-state index is -4.20. The van der Waals surface area contributed by atoms with E-state index in [-0.39, 0.29) is 26.5 Å². The number of methoxy groups -OCH3 is 1. The monoisotopic (exact) mass is 444 g/mol. The van der Waals surface area contributed by atoms with E-state index >= 15 is 0 Å². The van der Waals surface area contributed by atoms with Crippen molar-refractivity contribution in [2.75, 3.05) is 31.0 Å². The molecule has 0 atom stereocenters. The van der Waals surface area contributed by atoms with Crippen molar-refractivity contribution in [3.63, 3.8) is 0 Å². The van der Waals surface area contributed by atoms with E-state index in [0.29, 0.717) is 18.8 Å². The van der Waals surface area contributed by atoms with Crippen molar-refractivity contribution in [2.45, 2.75) is 18.7 Å². The van der Waals surface area contributed by atoms with E-state index in [2.05, 4.69) is 0 Å². The number of hydrogen-bond acceptors (Lipinski definition) is 4. The molecule has 0 spiro atoms. The van der Waals surface area contributed by atoms with Crippen LogP contribution in [0.1, 0.15) is 13.8 Å². The van der Waals surface area contributed by atoms with Gasteiger partial charge in [-0.2, -0.15) is 0 Å². The second kappa shape index (κ2) is 9.49. The van der Waals surface area contributed by atoms with Crippen LogP contribution in [0.3, 0.4) is 0 Å². The topological polar surface area (TPSA) is 66.9 Å². The number of para-hydroxylation sites is 2. The molecule has 0 aliphatic rings. The molecule has 6 nitrogen and oxygen atoms in total. The number of nitrogens with zero attached hydrogens (tertiary/aromatic N) is 2. The number of anilines is 1. The molecule has 2 rings (SSSR count). The lowest BCUT2D eigenvalue weighted by molar-refractivity contribution is -0.129.